The molecule has 0 amide bonds. The molecule has 0 spiro atoms. The van der Waals surface area contributed by atoms with Crippen LogP contribution in [-0.4, -0.2) is 12.1 Å². The van der Waals surface area contributed by atoms with Gasteiger partial charge < -0.3 is 4.74 Å². The van der Waals surface area contributed by atoms with Crippen molar-refractivity contribution in [2.45, 2.75) is 31.2 Å². The summed E-state index contributed by atoms with van der Waals surface area (Å²) >= 11 is -0.122. The first-order chi connectivity index (χ1) is 7.66. The number of benzene rings is 1. The van der Waals surface area contributed by atoms with Crippen LogP contribution in [0, 0.1) is 5.41 Å². The fraction of sp³-hybridized carbons (Fsp3) is 0.500. The van der Waals surface area contributed by atoms with Gasteiger partial charge in [0.1, 0.15) is 5.75 Å². The maximum atomic E-state index is 12.1. The Kier molecular flexibility index (Phi) is 4.36. The number of ether oxygens (including phenoxy) is 1. The van der Waals surface area contributed by atoms with Gasteiger partial charge in [0.05, 0.1) is 6.61 Å². The van der Waals surface area contributed by atoms with E-state index in [1.807, 2.05) is 20.8 Å². The van der Waals surface area contributed by atoms with E-state index in [0.29, 0.717) is 12.4 Å². The van der Waals surface area contributed by atoms with Gasteiger partial charge >= 0.3 is 5.51 Å². The third kappa shape index (κ3) is 6.46. The molecular formula is C12H15F3OS. The molecule has 0 aliphatic carbocycles. The van der Waals surface area contributed by atoms with Crippen LogP contribution in [0.5, 0.6) is 5.75 Å². The van der Waals surface area contributed by atoms with E-state index < -0.39 is 5.51 Å². The Labute approximate surface area is 103 Å². The average Bonchev–Trinajstić information content (AvgIpc) is 2.13. The topological polar surface area (TPSA) is 9.23 Å². The largest absolute Gasteiger partial charge is 0.493 e. The minimum Gasteiger partial charge on any atom is -0.493 e. The first-order valence-electron chi connectivity index (χ1n) is 5.14. The van der Waals surface area contributed by atoms with Gasteiger partial charge in [-0.25, -0.2) is 0 Å². The number of rotatable bonds is 3. The fourth-order valence-electron chi connectivity index (χ4n) is 1.04. The van der Waals surface area contributed by atoms with Crippen molar-refractivity contribution in [1.82, 2.24) is 0 Å². The molecule has 0 fully saturated rings. The highest BCUT2D eigenvalue weighted by Gasteiger charge is 2.29. The summed E-state index contributed by atoms with van der Waals surface area (Å²) in [5.41, 5.74) is -4.22. The van der Waals surface area contributed by atoms with Crippen molar-refractivity contribution in [3.63, 3.8) is 0 Å². The molecule has 1 aromatic carbocycles. The molecule has 0 bridgehead atoms. The standard InChI is InChI=1S/C12H15F3OS/c1-11(2,3)8-16-9-4-6-10(7-5-9)17-12(13,14)15/h4-7H,8H2,1-3H3. The molecule has 1 rings (SSSR count). The van der Waals surface area contributed by atoms with Crippen LogP contribution in [0.3, 0.4) is 0 Å². The van der Waals surface area contributed by atoms with Crippen LogP contribution in [0.2, 0.25) is 0 Å². The van der Waals surface area contributed by atoms with Crippen molar-refractivity contribution >= 4 is 11.8 Å². The molecule has 96 valence electrons. The van der Waals surface area contributed by atoms with Gasteiger partial charge in [-0.2, -0.15) is 13.2 Å². The van der Waals surface area contributed by atoms with Crippen LogP contribution in [0.25, 0.3) is 0 Å². The number of alkyl halides is 3. The molecule has 0 aliphatic rings. The van der Waals surface area contributed by atoms with Gasteiger partial charge in [-0.1, -0.05) is 20.8 Å². The van der Waals surface area contributed by atoms with Crippen LogP contribution in [0.4, 0.5) is 13.2 Å². The van der Waals surface area contributed by atoms with E-state index in [1.165, 1.54) is 12.1 Å². The van der Waals surface area contributed by atoms with Gasteiger partial charge in [-0.05, 0) is 41.4 Å². The highest BCUT2D eigenvalue weighted by atomic mass is 32.2. The maximum absolute atomic E-state index is 12.1. The van der Waals surface area contributed by atoms with E-state index in [4.69, 9.17) is 4.74 Å². The van der Waals surface area contributed by atoms with E-state index in [1.54, 1.807) is 12.1 Å². The third-order valence-corrected chi connectivity index (χ3v) is 2.47. The molecule has 0 aliphatic heterocycles. The molecule has 0 radical (unpaired) electrons. The summed E-state index contributed by atoms with van der Waals surface area (Å²) in [6, 6.07) is 5.94. The molecule has 17 heavy (non-hydrogen) atoms. The second-order valence-electron chi connectivity index (χ2n) is 4.87. The lowest BCUT2D eigenvalue weighted by Crippen LogP contribution is -2.16. The average molecular weight is 264 g/mol. The van der Waals surface area contributed by atoms with E-state index in [9.17, 15) is 13.2 Å². The molecule has 0 heterocycles. The Hall–Kier alpha value is -0.840. The van der Waals surface area contributed by atoms with Crippen molar-refractivity contribution < 1.29 is 17.9 Å². The van der Waals surface area contributed by atoms with Gasteiger partial charge in [0.2, 0.25) is 0 Å². The van der Waals surface area contributed by atoms with E-state index in [-0.39, 0.29) is 22.1 Å². The zero-order chi connectivity index (χ0) is 13.1. The molecule has 0 saturated carbocycles. The Morgan fingerprint density at radius 3 is 2.00 bits per heavy atom. The fourth-order valence-corrected chi connectivity index (χ4v) is 1.58. The molecule has 1 aromatic rings. The van der Waals surface area contributed by atoms with Gasteiger partial charge in [0, 0.05) is 4.90 Å². The van der Waals surface area contributed by atoms with Gasteiger partial charge in [0.15, 0.2) is 0 Å². The second kappa shape index (κ2) is 5.21. The first-order valence-corrected chi connectivity index (χ1v) is 5.96. The van der Waals surface area contributed by atoms with Gasteiger partial charge in [-0.3, -0.25) is 0 Å². The highest BCUT2D eigenvalue weighted by molar-refractivity contribution is 8.00. The molecule has 5 heteroatoms. The van der Waals surface area contributed by atoms with Crippen LogP contribution >= 0.6 is 11.8 Å². The van der Waals surface area contributed by atoms with Gasteiger partial charge in [-0.15, -0.1) is 0 Å². The van der Waals surface area contributed by atoms with Crippen LogP contribution in [0.1, 0.15) is 20.8 Å². The minimum absolute atomic E-state index is 0.0272. The van der Waals surface area contributed by atoms with Crippen LogP contribution < -0.4 is 4.74 Å². The Balaban J connectivity index is 2.56. The lowest BCUT2D eigenvalue weighted by Gasteiger charge is -2.18. The molecule has 1 nitrogen and oxygen atoms in total. The summed E-state index contributed by atoms with van der Waals surface area (Å²) in [6.07, 6.45) is 0. The zero-order valence-electron chi connectivity index (χ0n) is 9.97. The second-order valence-corrected chi connectivity index (χ2v) is 6.01. The zero-order valence-corrected chi connectivity index (χ0v) is 10.8. The minimum atomic E-state index is -4.24. The first kappa shape index (κ1) is 14.2. The summed E-state index contributed by atoms with van der Waals surface area (Å²) in [5, 5.41) is 0. The van der Waals surface area contributed by atoms with Crippen LogP contribution in [-0.2, 0) is 0 Å². The summed E-state index contributed by atoms with van der Waals surface area (Å²) in [5.74, 6) is 0.589. The van der Waals surface area contributed by atoms with Crippen molar-refractivity contribution in [3.8, 4) is 5.75 Å². The summed E-state index contributed by atoms with van der Waals surface area (Å²) in [4.78, 5) is 0.167. The molecule has 0 saturated heterocycles. The third-order valence-electron chi connectivity index (χ3n) is 1.73. The van der Waals surface area contributed by atoms with Gasteiger partial charge in [0.25, 0.3) is 0 Å². The lowest BCUT2D eigenvalue weighted by atomic mass is 9.99. The Morgan fingerprint density at radius 1 is 1.06 bits per heavy atom. The monoisotopic (exact) mass is 264 g/mol. The predicted octanol–water partition coefficient (Wildman–Crippen LogP) is 4.72. The summed E-state index contributed by atoms with van der Waals surface area (Å²) in [6.45, 7) is 6.61. The van der Waals surface area contributed by atoms with E-state index in [2.05, 4.69) is 0 Å². The number of halogens is 3. The normalized spacial score (nSPS) is 12.6. The SMILES string of the molecule is CC(C)(C)COc1ccc(SC(F)(F)F)cc1. The van der Waals surface area contributed by atoms with Crippen molar-refractivity contribution in [3.05, 3.63) is 24.3 Å². The Morgan fingerprint density at radius 2 is 1.59 bits per heavy atom. The predicted molar refractivity (Wildman–Crippen MR) is 63.3 cm³/mol. The number of hydrogen-bond acceptors (Lipinski definition) is 2. The van der Waals surface area contributed by atoms with E-state index >= 15 is 0 Å². The molecule has 0 aromatic heterocycles. The maximum Gasteiger partial charge on any atom is 0.446 e. The van der Waals surface area contributed by atoms with Crippen molar-refractivity contribution in [2.24, 2.45) is 5.41 Å². The molecular weight excluding hydrogens is 249 g/mol. The number of thioether (sulfide) groups is 1. The van der Waals surface area contributed by atoms with Crippen molar-refractivity contribution in [1.29, 1.82) is 0 Å². The molecule has 0 N–H and O–H groups in total. The smallest absolute Gasteiger partial charge is 0.446 e. The molecule has 0 unspecified atom stereocenters. The summed E-state index contributed by atoms with van der Waals surface area (Å²) in [7, 11) is 0. The van der Waals surface area contributed by atoms with Crippen molar-refractivity contribution in [2.75, 3.05) is 6.61 Å². The van der Waals surface area contributed by atoms with E-state index in [0.717, 1.165) is 0 Å². The number of hydrogen-bond donors (Lipinski definition) is 0. The highest BCUT2D eigenvalue weighted by Crippen LogP contribution is 2.37. The summed E-state index contributed by atoms with van der Waals surface area (Å²) < 4.78 is 41.7. The lowest BCUT2D eigenvalue weighted by molar-refractivity contribution is -0.0328. The molecule has 0 atom stereocenters. The quantitative estimate of drug-likeness (QED) is 0.730. The van der Waals surface area contributed by atoms with Crippen LogP contribution in [0.15, 0.2) is 29.2 Å². The Bertz CT molecular complexity index is 351.